The van der Waals surface area contributed by atoms with E-state index in [1.165, 1.54) is 31.4 Å². The molecular formula is C15H14Cl2N2O4S. The molecule has 2 N–H and O–H groups in total. The lowest BCUT2D eigenvalue weighted by Crippen LogP contribution is -2.17. The molecular weight excluding hydrogens is 375 g/mol. The van der Waals surface area contributed by atoms with Gasteiger partial charge in [0.05, 0.1) is 29.6 Å². The highest BCUT2D eigenvalue weighted by atomic mass is 35.5. The Kier molecular flexibility index (Phi) is 5.58. The maximum Gasteiger partial charge on any atom is 0.257 e. The van der Waals surface area contributed by atoms with Gasteiger partial charge in [-0.1, -0.05) is 23.2 Å². The van der Waals surface area contributed by atoms with E-state index in [9.17, 15) is 13.2 Å². The lowest BCUT2D eigenvalue weighted by Gasteiger charge is -2.12. The van der Waals surface area contributed by atoms with Crippen LogP contribution in [0.5, 0.6) is 5.75 Å². The van der Waals surface area contributed by atoms with Gasteiger partial charge in [0.1, 0.15) is 5.75 Å². The van der Waals surface area contributed by atoms with Crippen molar-refractivity contribution in [2.24, 2.45) is 0 Å². The highest BCUT2D eigenvalue weighted by Crippen LogP contribution is 2.28. The SMILES string of the molecule is COc1ccc(NC(=O)c2cc(Cl)ccc2NS(C)(=O)=O)cc1Cl. The minimum absolute atomic E-state index is 0.0832. The molecule has 0 fully saturated rings. The zero-order valence-corrected chi connectivity index (χ0v) is 15.1. The summed E-state index contributed by atoms with van der Waals surface area (Å²) in [7, 11) is -2.06. The molecule has 0 spiro atoms. The number of nitrogens with one attached hydrogen (secondary N) is 2. The maximum atomic E-state index is 12.5. The van der Waals surface area contributed by atoms with Crippen LogP contribution in [-0.2, 0) is 10.0 Å². The van der Waals surface area contributed by atoms with Crippen LogP contribution in [0.1, 0.15) is 10.4 Å². The maximum absolute atomic E-state index is 12.5. The molecule has 2 aromatic rings. The molecule has 0 saturated heterocycles. The van der Waals surface area contributed by atoms with E-state index in [4.69, 9.17) is 27.9 Å². The molecule has 2 aromatic carbocycles. The van der Waals surface area contributed by atoms with Gasteiger partial charge in [-0.05, 0) is 36.4 Å². The van der Waals surface area contributed by atoms with Gasteiger partial charge >= 0.3 is 0 Å². The fourth-order valence-corrected chi connectivity index (χ4v) is 2.94. The van der Waals surface area contributed by atoms with Gasteiger partial charge < -0.3 is 10.1 Å². The zero-order chi connectivity index (χ0) is 17.9. The Balaban J connectivity index is 2.32. The number of hydrogen-bond acceptors (Lipinski definition) is 4. The van der Waals surface area contributed by atoms with Gasteiger partial charge in [-0.15, -0.1) is 0 Å². The van der Waals surface area contributed by atoms with Crippen molar-refractivity contribution in [2.45, 2.75) is 0 Å². The molecule has 0 bridgehead atoms. The number of carbonyl (C=O) groups excluding carboxylic acids is 1. The number of anilines is 2. The molecule has 24 heavy (non-hydrogen) atoms. The van der Waals surface area contributed by atoms with E-state index in [-0.39, 0.29) is 11.3 Å². The van der Waals surface area contributed by atoms with Crippen LogP contribution in [0.3, 0.4) is 0 Å². The minimum atomic E-state index is -3.55. The Labute approximate surface area is 149 Å². The van der Waals surface area contributed by atoms with Crippen molar-refractivity contribution in [1.82, 2.24) is 0 Å². The molecule has 0 aromatic heterocycles. The number of carbonyl (C=O) groups is 1. The summed E-state index contributed by atoms with van der Waals surface area (Å²) in [4.78, 5) is 12.5. The first-order valence-electron chi connectivity index (χ1n) is 6.62. The smallest absolute Gasteiger partial charge is 0.257 e. The molecule has 9 heteroatoms. The number of amides is 1. The summed E-state index contributed by atoms with van der Waals surface area (Å²) in [5, 5.41) is 3.26. The van der Waals surface area contributed by atoms with Crippen LogP contribution in [0.15, 0.2) is 36.4 Å². The van der Waals surface area contributed by atoms with Crippen LogP contribution in [0, 0.1) is 0 Å². The van der Waals surface area contributed by atoms with Crippen LogP contribution < -0.4 is 14.8 Å². The largest absolute Gasteiger partial charge is 0.495 e. The van der Waals surface area contributed by atoms with Gasteiger partial charge in [0, 0.05) is 10.7 Å². The van der Waals surface area contributed by atoms with Gasteiger partial charge in [-0.25, -0.2) is 8.42 Å². The summed E-state index contributed by atoms with van der Waals surface area (Å²) >= 11 is 11.9. The Morgan fingerprint density at radius 3 is 2.42 bits per heavy atom. The van der Waals surface area contributed by atoms with Crippen molar-refractivity contribution in [3.63, 3.8) is 0 Å². The molecule has 0 heterocycles. The Bertz CT molecular complexity index is 885. The second-order valence-electron chi connectivity index (χ2n) is 4.87. The van der Waals surface area contributed by atoms with E-state index < -0.39 is 15.9 Å². The van der Waals surface area contributed by atoms with Crippen molar-refractivity contribution in [1.29, 1.82) is 0 Å². The molecule has 2 rings (SSSR count). The summed E-state index contributed by atoms with van der Waals surface area (Å²) in [6, 6.07) is 9.00. The normalized spacial score (nSPS) is 11.0. The van der Waals surface area contributed by atoms with E-state index in [0.29, 0.717) is 21.5 Å². The predicted octanol–water partition coefficient (Wildman–Crippen LogP) is 3.63. The zero-order valence-electron chi connectivity index (χ0n) is 12.8. The molecule has 6 nitrogen and oxygen atoms in total. The predicted molar refractivity (Wildman–Crippen MR) is 95.9 cm³/mol. The first-order chi connectivity index (χ1) is 11.2. The van der Waals surface area contributed by atoms with Gasteiger partial charge in [-0.2, -0.15) is 0 Å². The third kappa shape index (κ3) is 4.77. The average Bonchev–Trinajstić information content (AvgIpc) is 2.48. The molecule has 128 valence electrons. The van der Waals surface area contributed by atoms with Crippen molar-refractivity contribution in [2.75, 3.05) is 23.4 Å². The number of halogens is 2. The summed E-state index contributed by atoms with van der Waals surface area (Å²) in [5.74, 6) is -0.0678. The van der Waals surface area contributed by atoms with Crippen molar-refractivity contribution in [3.8, 4) is 5.75 Å². The monoisotopic (exact) mass is 388 g/mol. The number of hydrogen-bond donors (Lipinski definition) is 2. The van der Waals surface area contributed by atoms with Crippen LogP contribution in [0.4, 0.5) is 11.4 Å². The number of benzene rings is 2. The van der Waals surface area contributed by atoms with Crippen molar-refractivity contribution in [3.05, 3.63) is 52.0 Å². The van der Waals surface area contributed by atoms with Crippen LogP contribution in [-0.4, -0.2) is 27.7 Å². The third-order valence-electron chi connectivity index (χ3n) is 2.93. The number of ether oxygens (including phenoxy) is 1. The number of methoxy groups -OCH3 is 1. The van der Waals surface area contributed by atoms with E-state index >= 15 is 0 Å². The molecule has 0 aliphatic carbocycles. The molecule has 0 saturated carbocycles. The fourth-order valence-electron chi connectivity index (χ4n) is 1.94. The first kappa shape index (κ1) is 18.4. The summed E-state index contributed by atoms with van der Waals surface area (Å²) in [5.41, 5.74) is 0.634. The van der Waals surface area contributed by atoms with Crippen LogP contribution in [0.25, 0.3) is 0 Å². The fraction of sp³-hybridized carbons (Fsp3) is 0.133. The summed E-state index contributed by atoms with van der Waals surface area (Å²) in [6.45, 7) is 0. The highest BCUT2D eigenvalue weighted by Gasteiger charge is 2.15. The van der Waals surface area contributed by atoms with Crippen molar-refractivity contribution < 1.29 is 17.9 Å². The van der Waals surface area contributed by atoms with Gasteiger partial charge in [0.15, 0.2) is 0 Å². The quantitative estimate of drug-likeness (QED) is 0.818. The Morgan fingerprint density at radius 1 is 1.12 bits per heavy atom. The second-order valence-corrected chi connectivity index (χ2v) is 7.46. The molecule has 0 aliphatic heterocycles. The standard InChI is InChI=1S/C15H14Cl2N2O4S/c1-23-14-6-4-10(8-12(14)17)18-15(20)11-7-9(16)3-5-13(11)19-24(2,21)22/h3-8,19H,1-2H3,(H,18,20). The minimum Gasteiger partial charge on any atom is -0.495 e. The lowest BCUT2D eigenvalue weighted by molar-refractivity contribution is 0.102. The highest BCUT2D eigenvalue weighted by molar-refractivity contribution is 7.92. The Morgan fingerprint density at radius 2 is 1.83 bits per heavy atom. The van der Waals surface area contributed by atoms with E-state index in [1.54, 1.807) is 12.1 Å². The molecule has 0 radical (unpaired) electrons. The van der Waals surface area contributed by atoms with E-state index in [1.807, 2.05) is 0 Å². The molecule has 0 aliphatic rings. The molecule has 0 unspecified atom stereocenters. The second kappa shape index (κ2) is 7.29. The number of rotatable bonds is 5. The van der Waals surface area contributed by atoms with E-state index in [0.717, 1.165) is 6.26 Å². The summed E-state index contributed by atoms with van der Waals surface area (Å²) in [6.07, 6.45) is 0.993. The Hall–Kier alpha value is -1.96. The van der Waals surface area contributed by atoms with Gasteiger partial charge in [0.2, 0.25) is 10.0 Å². The summed E-state index contributed by atoms with van der Waals surface area (Å²) < 4.78 is 30.2. The average molecular weight is 389 g/mol. The van der Waals surface area contributed by atoms with E-state index in [2.05, 4.69) is 10.0 Å². The first-order valence-corrected chi connectivity index (χ1v) is 9.26. The van der Waals surface area contributed by atoms with Gasteiger partial charge in [-0.3, -0.25) is 9.52 Å². The molecule has 1 amide bonds. The van der Waals surface area contributed by atoms with Crippen molar-refractivity contribution >= 4 is 50.5 Å². The van der Waals surface area contributed by atoms with Crippen LogP contribution in [0.2, 0.25) is 10.0 Å². The van der Waals surface area contributed by atoms with Crippen LogP contribution >= 0.6 is 23.2 Å². The molecule has 0 atom stereocenters. The van der Waals surface area contributed by atoms with Gasteiger partial charge in [0.25, 0.3) is 5.91 Å². The third-order valence-corrected chi connectivity index (χ3v) is 4.05. The number of sulfonamides is 1. The topological polar surface area (TPSA) is 84.5 Å². The lowest BCUT2D eigenvalue weighted by atomic mass is 10.1.